The minimum absolute atomic E-state index is 0.0339. The summed E-state index contributed by atoms with van der Waals surface area (Å²) >= 11 is 0. The lowest BCUT2D eigenvalue weighted by molar-refractivity contribution is 0.0696. The molecule has 1 fully saturated rings. The third kappa shape index (κ3) is 1.94. The maximum atomic E-state index is 12.1. The van der Waals surface area contributed by atoms with Crippen molar-refractivity contribution in [3.8, 4) is 0 Å². The van der Waals surface area contributed by atoms with Crippen LogP contribution in [-0.2, 0) is 10.0 Å². The summed E-state index contributed by atoms with van der Waals surface area (Å²) in [5.74, 6) is -1.11. The van der Waals surface area contributed by atoms with E-state index >= 15 is 0 Å². The number of carboxylic acid groups (broad SMARTS) is 1. The largest absolute Gasteiger partial charge is 0.478 e. The maximum absolute atomic E-state index is 12.1. The van der Waals surface area contributed by atoms with E-state index < -0.39 is 16.0 Å². The highest BCUT2D eigenvalue weighted by Gasteiger charge is 2.31. The van der Waals surface area contributed by atoms with Gasteiger partial charge in [0.25, 0.3) is 0 Å². The molecule has 0 bridgehead atoms. The summed E-state index contributed by atoms with van der Waals surface area (Å²) in [5, 5.41) is 8.96. The summed E-state index contributed by atoms with van der Waals surface area (Å²) < 4.78 is 25.6. The van der Waals surface area contributed by atoms with Crippen LogP contribution in [0.15, 0.2) is 23.1 Å². The number of carboxylic acids is 1. The van der Waals surface area contributed by atoms with Crippen LogP contribution >= 0.6 is 0 Å². The molecule has 0 aliphatic carbocycles. The molecule has 1 aliphatic rings. The molecule has 2 rings (SSSR count). The van der Waals surface area contributed by atoms with Crippen molar-refractivity contribution in [3.63, 3.8) is 0 Å². The van der Waals surface area contributed by atoms with Crippen molar-refractivity contribution < 1.29 is 18.3 Å². The summed E-state index contributed by atoms with van der Waals surface area (Å²) in [6.07, 6.45) is 0.858. The molecular formula is C11H13NO4S. The zero-order chi connectivity index (χ0) is 12.6. The van der Waals surface area contributed by atoms with Gasteiger partial charge in [-0.15, -0.1) is 0 Å². The summed E-state index contributed by atoms with van der Waals surface area (Å²) in [6, 6.07) is 4.32. The highest BCUT2D eigenvalue weighted by Crippen LogP contribution is 2.25. The first-order valence-electron chi connectivity index (χ1n) is 5.27. The quantitative estimate of drug-likeness (QED) is 0.877. The van der Waals surface area contributed by atoms with Crippen LogP contribution in [0.2, 0.25) is 0 Å². The second-order valence-corrected chi connectivity index (χ2v) is 5.90. The molecule has 1 N–H and O–H groups in total. The lowest BCUT2D eigenvalue weighted by atomic mass is 10.1. The Hall–Kier alpha value is -1.40. The van der Waals surface area contributed by atoms with Gasteiger partial charge in [-0.3, -0.25) is 0 Å². The van der Waals surface area contributed by atoms with Crippen molar-refractivity contribution >= 4 is 16.0 Å². The molecule has 92 valence electrons. The number of hydrogen-bond acceptors (Lipinski definition) is 3. The highest BCUT2D eigenvalue weighted by molar-refractivity contribution is 7.89. The van der Waals surface area contributed by atoms with E-state index in [4.69, 9.17) is 5.11 Å². The van der Waals surface area contributed by atoms with E-state index in [-0.39, 0.29) is 10.5 Å². The lowest BCUT2D eigenvalue weighted by Crippen LogP contribution is -2.42. The van der Waals surface area contributed by atoms with Crippen molar-refractivity contribution in [3.05, 3.63) is 29.3 Å². The number of nitrogens with zero attached hydrogens (tertiary/aromatic N) is 1. The minimum Gasteiger partial charge on any atom is -0.478 e. The monoisotopic (exact) mass is 255 g/mol. The highest BCUT2D eigenvalue weighted by atomic mass is 32.2. The molecular weight excluding hydrogens is 242 g/mol. The molecule has 1 aliphatic heterocycles. The van der Waals surface area contributed by atoms with Crippen LogP contribution in [0.5, 0.6) is 0 Å². The Morgan fingerprint density at radius 1 is 1.35 bits per heavy atom. The van der Waals surface area contributed by atoms with Crippen LogP contribution in [0.3, 0.4) is 0 Å². The molecule has 0 saturated carbocycles. The van der Waals surface area contributed by atoms with E-state index in [1.54, 1.807) is 0 Å². The fourth-order valence-electron chi connectivity index (χ4n) is 1.79. The van der Waals surface area contributed by atoms with Crippen LogP contribution < -0.4 is 0 Å². The van der Waals surface area contributed by atoms with Crippen molar-refractivity contribution in [1.82, 2.24) is 4.31 Å². The normalized spacial score (nSPS) is 16.5. The van der Waals surface area contributed by atoms with E-state index in [1.807, 2.05) is 0 Å². The van der Waals surface area contributed by atoms with E-state index in [0.717, 1.165) is 6.42 Å². The summed E-state index contributed by atoms with van der Waals surface area (Å²) in [5.41, 5.74) is 0.332. The van der Waals surface area contributed by atoms with Crippen LogP contribution in [0.25, 0.3) is 0 Å². The van der Waals surface area contributed by atoms with Crippen molar-refractivity contribution in [1.29, 1.82) is 0 Å². The van der Waals surface area contributed by atoms with Crippen molar-refractivity contribution in [2.75, 3.05) is 13.1 Å². The van der Waals surface area contributed by atoms with E-state index in [9.17, 15) is 13.2 Å². The Morgan fingerprint density at radius 2 is 2.00 bits per heavy atom. The minimum atomic E-state index is -3.52. The fraction of sp³-hybridized carbons (Fsp3) is 0.364. The first-order chi connectivity index (χ1) is 7.94. The first kappa shape index (κ1) is 12.1. The van der Waals surface area contributed by atoms with Gasteiger partial charge in [-0.25, -0.2) is 13.2 Å². The number of aromatic carboxylic acids is 1. The molecule has 1 heterocycles. The predicted octanol–water partition coefficient (Wildman–Crippen LogP) is 1.09. The SMILES string of the molecule is Cc1c(C(=O)O)cccc1S(=O)(=O)N1CCC1. The van der Waals surface area contributed by atoms with Gasteiger partial charge in [0.2, 0.25) is 10.0 Å². The Balaban J connectivity index is 2.53. The maximum Gasteiger partial charge on any atom is 0.335 e. The van der Waals surface area contributed by atoms with Gasteiger partial charge in [0.05, 0.1) is 10.5 Å². The Bertz CT molecular complexity index is 561. The van der Waals surface area contributed by atoms with E-state index in [0.29, 0.717) is 18.7 Å². The fourth-order valence-corrected chi connectivity index (χ4v) is 3.56. The van der Waals surface area contributed by atoms with Crippen LogP contribution in [0.1, 0.15) is 22.3 Å². The average molecular weight is 255 g/mol. The lowest BCUT2D eigenvalue weighted by Gasteiger charge is -2.30. The molecule has 0 atom stereocenters. The zero-order valence-electron chi connectivity index (χ0n) is 9.38. The van der Waals surface area contributed by atoms with Gasteiger partial charge in [-0.2, -0.15) is 4.31 Å². The molecule has 0 aromatic heterocycles. The van der Waals surface area contributed by atoms with Gasteiger partial charge in [0.1, 0.15) is 0 Å². The molecule has 0 unspecified atom stereocenters. The molecule has 0 radical (unpaired) electrons. The van der Waals surface area contributed by atoms with Crippen molar-refractivity contribution in [2.24, 2.45) is 0 Å². The zero-order valence-corrected chi connectivity index (χ0v) is 10.2. The molecule has 6 heteroatoms. The van der Waals surface area contributed by atoms with Gasteiger partial charge in [-0.1, -0.05) is 6.07 Å². The molecule has 0 amide bonds. The third-order valence-electron chi connectivity index (χ3n) is 2.95. The number of carbonyl (C=O) groups is 1. The summed E-state index contributed by atoms with van der Waals surface area (Å²) in [4.78, 5) is 11.0. The smallest absolute Gasteiger partial charge is 0.335 e. The van der Waals surface area contributed by atoms with Crippen LogP contribution in [0.4, 0.5) is 0 Å². The molecule has 17 heavy (non-hydrogen) atoms. The van der Waals surface area contributed by atoms with Crippen LogP contribution in [0, 0.1) is 6.92 Å². The van der Waals surface area contributed by atoms with Gasteiger partial charge in [-0.05, 0) is 31.0 Å². The second-order valence-electron chi connectivity index (χ2n) is 3.99. The van der Waals surface area contributed by atoms with Crippen molar-refractivity contribution in [2.45, 2.75) is 18.2 Å². The molecule has 1 aromatic carbocycles. The van der Waals surface area contributed by atoms with Gasteiger partial charge >= 0.3 is 5.97 Å². The molecule has 1 saturated heterocycles. The molecule has 5 nitrogen and oxygen atoms in total. The van der Waals surface area contributed by atoms with Gasteiger partial charge in [0, 0.05) is 13.1 Å². The van der Waals surface area contributed by atoms with Crippen LogP contribution in [-0.4, -0.2) is 36.9 Å². The topological polar surface area (TPSA) is 74.7 Å². The average Bonchev–Trinajstić information content (AvgIpc) is 2.13. The Kier molecular flexibility index (Phi) is 2.92. The Morgan fingerprint density at radius 3 is 2.47 bits per heavy atom. The molecule has 1 aromatic rings. The second kappa shape index (κ2) is 4.12. The standard InChI is InChI=1S/C11H13NO4S/c1-8-9(11(13)14)4-2-5-10(8)17(15,16)12-6-3-7-12/h2,4-5H,3,6-7H2,1H3,(H,13,14). The van der Waals surface area contributed by atoms with Gasteiger partial charge in [0.15, 0.2) is 0 Å². The third-order valence-corrected chi connectivity index (χ3v) is 4.99. The predicted molar refractivity (Wildman–Crippen MR) is 61.5 cm³/mol. The van der Waals surface area contributed by atoms with E-state index in [1.165, 1.54) is 29.4 Å². The Labute approximate surface area is 99.7 Å². The molecule has 0 spiro atoms. The number of rotatable bonds is 3. The first-order valence-corrected chi connectivity index (χ1v) is 6.71. The summed E-state index contributed by atoms with van der Waals surface area (Å²) in [6.45, 7) is 2.55. The number of hydrogen-bond donors (Lipinski definition) is 1. The summed E-state index contributed by atoms with van der Waals surface area (Å²) in [7, 11) is -3.52. The number of sulfonamides is 1. The van der Waals surface area contributed by atoms with Gasteiger partial charge < -0.3 is 5.11 Å². The van der Waals surface area contributed by atoms with E-state index in [2.05, 4.69) is 0 Å². The number of benzene rings is 1.